The van der Waals surface area contributed by atoms with Crippen molar-refractivity contribution in [2.75, 3.05) is 19.7 Å². The topological polar surface area (TPSA) is 36.4 Å². The van der Waals surface area contributed by atoms with Crippen LogP contribution in [0.4, 0.5) is 0 Å². The molecule has 0 bridgehead atoms. The number of aliphatic hydroxyl groups is 1. The van der Waals surface area contributed by atoms with Gasteiger partial charge >= 0.3 is 0 Å². The first kappa shape index (κ1) is 11.3. The zero-order chi connectivity index (χ0) is 10.7. The highest BCUT2D eigenvalue weighted by atomic mass is 35.5. The molecular formula is C10H15ClN2OS. The molecule has 1 aliphatic rings. The number of halogens is 1. The number of piperidine rings is 1. The summed E-state index contributed by atoms with van der Waals surface area (Å²) in [6.45, 7) is 3.33. The van der Waals surface area contributed by atoms with Gasteiger partial charge in [0.25, 0.3) is 0 Å². The van der Waals surface area contributed by atoms with Gasteiger partial charge in [-0.15, -0.1) is 11.3 Å². The van der Waals surface area contributed by atoms with Crippen LogP contribution in [0.1, 0.15) is 17.7 Å². The Balaban J connectivity index is 1.88. The van der Waals surface area contributed by atoms with E-state index in [2.05, 4.69) is 9.88 Å². The lowest BCUT2D eigenvalue weighted by atomic mass is 9.99. The summed E-state index contributed by atoms with van der Waals surface area (Å²) in [4.78, 5) is 7.61. The number of hydrogen-bond donors (Lipinski definition) is 1. The van der Waals surface area contributed by atoms with E-state index in [1.807, 2.05) is 6.20 Å². The zero-order valence-corrected chi connectivity index (χ0v) is 10.1. The lowest BCUT2D eigenvalue weighted by Crippen LogP contribution is -2.36. The molecule has 0 amide bonds. The molecule has 5 heteroatoms. The first-order valence-corrected chi connectivity index (χ1v) is 6.41. The molecule has 0 unspecified atom stereocenters. The number of likely N-dealkylation sites (tertiary alicyclic amines) is 1. The van der Waals surface area contributed by atoms with Gasteiger partial charge in [0.15, 0.2) is 4.47 Å². The molecule has 1 aromatic heterocycles. The van der Waals surface area contributed by atoms with Gasteiger partial charge in [-0.25, -0.2) is 4.98 Å². The minimum atomic E-state index is 0.306. The Labute approximate surface area is 98.7 Å². The number of aliphatic hydroxyl groups excluding tert-OH is 1. The standard InChI is InChI=1S/C10H15ClN2OS/c11-10-12-4-9(15-10)6-13-3-1-2-8(5-13)7-14/h4,8,14H,1-3,5-7H2/t8-/m1/s1. The molecular weight excluding hydrogens is 232 g/mol. The molecule has 0 aliphatic carbocycles. The van der Waals surface area contributed by atoms with Gasteiger partial charge in [0.1, 0.15) is 0 Å². The fraction of sp³-hybridized carbons (Fsp3) is 0.700. The molecule has 1 aliphatic heterocycles. The normalized spacial score (nSPS) is 23.2. The summed E-state index contributed by atoms with van der Waals surface area (Å²) < 4.78 is 0.612. The number of hydrogen-bond acceptors (Lipinski definition) is 4. The molecule has 84 valence electrons. The number of rotatable bonds is 3. The van der Waals surface area contributed by atoms with Crippen molar-refractivity contribution in [1.82, 2.24) is 9.88 Å². The van der Waals surface area contributed by atoms with E-state index >= 15 is 0 Å². The van der Waals surface area contributed by atoms with Crippen LogP contribution in [0.5, 0.6) is 0 Å². The SMILES string of the molecule is OC[C@@H]1CCCN(Cc2cnc(Cl)s2)C1. The quantitative estimate of drug-likeness (QED) is 0.886. The Hall–Kier alpha value is -0.160. The second-order valence-electron chi connectivity index (χ2n) is 4.01. The van der Waals surface area contributed by atoms with Gasteiger partial charge in [0.05, 0.1) is 0 Å². The van der Waals surface area contributed by atoms with E-state index in [-0.39, 0.29) is 0 Å². The molecule has 0 radical (unpaired) electrons. The Morgan fingerprint density at radius 1 is 1.67 bits per heavy atom. The minimum absolute atomic E-state index is 0.306. The second kappa shape index (κ2) is 5.25. The summed E-state index contributed by atoms with van der Waals surface area (Å²) in [5.74, 6) is 0.446. The van der Waals surface area contributed by atoms with Crippen LogP contribution in [0.3, 0.4) is 0 Å². The monoisotopic (exact) mass is 246 g/mol. The van der Waals surface area contributed by atoms with Crippen molar-refractivity contribution in [2.45, 2.75) is 19.4 Å². The first-order chi connectivity index (χ1) is 7.28. The molecule has 0 aromatic carbocycles. The van der Waals surface area contributed by atoms with Gasteiger partial charge < -0.3 is 5.11 Å². The molecule has 1 N–H and O–H groups in total. The lowest BCUT2D eigenvalue weighted by Gasteiger charge is -2.31. The molecule has 1 saturated heterocycles. The second-order valence-corrected chi connectivity index (χ2v) is 5.70. The van der Waals surface area contributed by atoms with Gasteiger partial charge in [-0.05, 0) is 25.3 Å². The van der Waals surface area contributed by atoms with Gasteiger partial charge in [-0.3, -0.25) is 4.90 Å². The van der Waals surface area contributed by atoms with E-state index in [9.17, 15) is 0 Å². The van der Waals surface area contributed by atoms with Crippen LogP contribution in [0.2, 0.25) is 4.47 Å². The van der Waals surface area contributed by atoms with Crippen LogP contribution in [-0.4, -0.2) is 34.7 Å². The summed E-state index contributed by atoms with van der Waals surface area (Å²) in [7, 11) is 0. The Morgan fingerprint density at radius 2 is 2.53 bits per heavy atom. The summed E-state index contributed by atoms with van der Waals surface area (Å²) in [6, 6.07) is 0. The molecule has 0 spiro atoms. The summed E-state index contributed by atoms with van der Waals surface area (Å²) in [5.41, 5.74) is 0. The molecule has 2 heterocycles. The Kier molecular flexibility index (Phi) is 3.97. The van der Waals surface area contributed by atoms with E-state index in [0.29, 0.717) is 17.0 Å². The average Bonchev–Trinajstić information content (AvgIpc) is 2.64. The maximum absolute atomic E-state index is 9.12. The molecule has 1 fully saturated rings. The van der Waals surface area contributed by atoms with Crippen LogP contribution in [-0.2, 0) is 6.54 Å². The predicted octanol–water partition coefficient (Wildman–Crippen LogP) is 2.00. The van der Waals surface area contributed by atoms with Gasteiger partial charge in [-0.1, -0.05) is 11.6 Å². The summed E-state index contributed by atoms with van der Waals surface area (Å²) in [6.07, 6.45) is 4.17. The fourth-order valence-corrected chi connectivity index (χ4v) is 3.04. The largest absolute Gasteiger partial charge is 0.396 e. The fourth-order valence-electron chi connectivity index (χ4n) is 2.02. The predicted molar refractivity (Wildman–Crippen MR) is 62.2 cm³/mol. The van der Waals surface area contributed by atoms with Gasteiger partial charge in [0.2, 0.25) is 0 Å². The number of nitrogens with zero attached hydrogens (tertiary/aromatic N) is 2. The van der Waals surface area contributed by atoms with Crippen molar-refractivity contribution in [2.24, 2.45) is 5.92 Å². The Bertz CT molecular complexity index is 318. The Morgan fingerprint density at radius 3 is 3.20 bits per heavy atom. The first-order valence-electron chi connectivity index (χ1n) is 5.21. The minimum Gasteiger partial charge on any atom is -0.396 e. The van der Waals surface area contributed by atoms with Crippen molar-refractivity contribution in [3.63, 3.8) is 0 Å². The van der Waals surface area contributed by atoms with E-state index in [4.69, 9.17) is 16.7 Å². The highest BCUT2D eigenvalue weighted by Crippen LogP contribution is 2.22. The van der Waals surface area contributed by atoms with Crippen LogP contribution < -0.4 is 0 Å². The molecule has 15 heavy (non-hydrogen) atoms. The smallest absolute Gasteiger partial charge is 0.183 e. The van der Waals surface area contributed by atoms with Crippen molar-refractivity contribution >= 4 is 22.9 Å². The third-order valence-corrected chi connectivity index (χ3v) is 3.87. The number of thiazole rings is 1. The third kappa shape index (κ3) is 3.14. The van der Waals surface area contributed by atoms with Gasteiger partial charge in [0, 0.05) is 30.8 Å². The van der Waals surface area contributed by atoms with Crippen LogP contribution in [0.15, 0.2) is 6.20 Å². The number of aromatic nitrogens is 1. The molecule has 1 atom stereocenters. The summed E-state index contributed by atoms with van der Waals surface area (Å²) in [5, 5.41) is 9.12. The maximum atomic E-state index is 9.12. The van der Waals surface area contributed by atoms with E-state index in [1.165, 1.54) is 11.3 Å². The van der Waals surface area contributed by atoms with E-state index < -0.39 is 0 Å². The average molecular weight is 247 g/mol. The third-order valence-electron chi connectivity index (χ3n) is 2.77. The van der Waals surface area contributed by atoms with E-state index in [1.54, 1.807) is 11.3 Å². The molecule has 0 saturated carbocycles. The van der Waals surface area contributed by atoms with Crippen molar-refractivity contribution in [3.8, 4) is 0 Å². The van der Waals surface area contributed by atoms with Crippen molar-refractivity contribution in [1.29, 1.82) is 0 Å². The molecule has 3 nitrogen and oxygen atoms in total. The van der Waals surface area contributed by atoms with Crippen molar-refractivity contribution < 1.29 is 5.11 Å². The summed E-state index contributed by atoms with van der Waals surface area (Å²) >= 11 is 7.32. The van der Waals surface area contributed by atoms with Gasteiger partial charge in [-0.2, -0.15) is 0 Å². The van der Waals surface area contributed by atoms with Crippen LogP contribution >= 0.6 is 22.9 Å². The maximum Gasteiger partial charge on any atom is 0.183 e. The zero-order valence-electron chi connectivity index (χ0n) is 8.53. The van der Waals surface area contributed by atoms with E-state index in [0.717, 1.165) is 26.1 Å². The van der Waals surface area contributed by atoms with Crippen LogP contribution in [0.25, 0.3) is 0 Å². The molecule has 1 aromatic rings. The lowest BCUT2D eigenvalue weighted by molar-refractivity contribution is 0.116. The highest BCUT2D eigenvalue weighted by Gasteiger charge is 2.19. The highest BCUT2D eigenvalue weighted by molar-refractivity contribution is 7.15. The van der Waals surface area contributed by atoms with Crippen LogP contribution in [0, 0.1) is 5.92 Å². The molecule has 2 rings (SSSR count). The van der Waals surface area contributed by atoms with Crippen molar-refractivity contribution in [3.05, 3.63) is 15.5 Å².